The van der Waals surface area contributed by atoms with Crippen LogP contribution in [-0.2, 0) is 71.5 Å². The van der Waals surface area contributed by atoms with Crippen molar-refractivity contribution in [2.45, 2.75) is 48.5 Å². The van der Waals surface area contributed by atoms with Gasteiger partial charge in [-0.3, -0.25) is 58.0 Å². The second kappa shape index (κ2) is 33.2. The lowest BCUT2D eigenvalue weighted by Crippen LogP contribution is -2.44. The summed E-state index contributed by atoms with van der Waals surface area (Å²) in [5, 5.41) is 8.97. The molecule has 0 amide bonds. The van der Waals surface area contributed by atoms with Crippen LogP contribution >= 0.6 is 0 Å². The van der Waals surface area contributed by atoms with E-state index in [1.807, 2.05) is 0 Å². The Labute approximate surface area is 317 Å². The summed E-state index contributed by atoms with van der Waals surface area (Å²) in [6.07, 6.45) is 0. The minimum absolute atomic E-state index is 0.112. The normalized spacial score (nSPS) is 10.6. The number of nitrogens with zero attached hydrogens (tertiary/aromatic N) is 4. The van der Waals surface area contributed by atoms with Crippen LogP contribution < -0.4 is 0 Å². The van der Waals surface area contributed by atoms with Crippen molar-refractivity contribution >= 4 is 47.8 Å². The third kappa shape index (κ3) is 30.1. The van der Waals surface area contributed by atoms with Crippen LogP contribution in [0.5, 0.6) is 0 Å². The Morgan fingerprint density at radius 2 is 0.463 bits per heavy atom. The summed E-state index contributed by atoms with van der Waals surface area (Å²) in [5.74, 6) is -4.57. The molecule has 0 saturated carbocycles. The summed E-state index contributed by atoms with van der Waals surface area (Å²) < 4.78 is 34.2. The molecule has 54 heavy (non-hydrogen) atoms. The summed E-state index contributed by atoms with van der Waals surface area (Å²) in [5.41, 5.74) is 0. The molecule has 0 unspecified atom stereocenters. The minimum Gasteiger partial charge on any atom is -0.480 e. The molecular weight excluding hydrogens is 720 g/mol. The van der Waals surface area contributed by atoms with E-state index in [1.165, 1.54) is 9.80 Å². The quantitative estimate of drug-likeness (QED) is 0.0723. The first-order chi connectivity index (χ1) is 25.7. The number of hydrogen-bond acceptors (Lipinski definition) is 19. The van der Waals surface area contributed by atoms with E-state index in [2.05, 4.69) is 0 Å². The summed E-state index contributed by atoms with van der Waals surface area (Å²) in [6.45, 7) is 12.7. The molecule has 0 spiro atoms. The Kier molecular flexibility index (Phi) is 31.8. The van der Waals surface area contributed by atoms with Gasteiger partial charge in [-0.2, -0.15) is 0 Å². The van der Waals surface area contributed by atoms with Crippen LogP contribution in [-0.4, -0.2) is 197 Å². The molecule has 0 aromatic carbocycles. The average Bonchev–Trinajstić information content (AvgIpc) is 3.06. The van der Waals surface area contributed by atoms with Crippen LogP contribution in [0.2, 0.25) is 0 Å². The van der Waals surface area contributed by atoms with Crippen LogP contribution in [0.15, 0.2) is 0 Å². The molecule has 0 aliphatic rings. The fourth-order valence-electron chi connectivity index (χ4n) is 4.34. The molecule has 0 heterocycles. The fraction of sp³-hybridized carbons (Fsp3) is 0.765. The lowest BCUT2D eigenvalue weighted by Gasteiger charge is -2.25. The number of carboxylic acids is 1. The smallest absolute Gasteiger partial charge is 0.320 e. The van der Waals surface area contributed by atoms with E-state index in [9.17, 15) is 38.4 Å². The van der Waals surface area contributed by atoms with Gasteiger partial charge in [0, 0.05) is 26.2 Å². The van der Waals surface area contributed by atoms with E-state index in [-0.39, 0.29) is 125 Å². The molecule has 0 aromatic rings. The number of rotatable bonds is 29. The SMILES string of the molecule is CCOC(=O)CN(CCN(CC(=O)OCC)CC(=O)OCC)CC(=O)O.CCOC(=O)CN(CCN(CC(=O)OCC)CC(=O)OCC)CC(=O)OCC. The predicted molar refractivity (Wildman–Crippen MR) is 190 cm³/mol. The van der Waals surface area contributed by atoms with Crippen LogP contribution in [0, 0.1) is 0 Å². The molecule has 0 radical (unpaired) electrons. The number of carbonyl (C=O) groups excluding carboxylic acids is 7. The van der Waals surface area contributed by atoms with E-state index >= 15 is 0 Å². The number of aliphatic carboxylic acids is 1. The summed E-state index contributed by atoms with van der Waals surface area (Å²) in [4.78, 5) is 99.0. The first kappa shape index (κ1) is 51.7. The van der Waals surface area contributed by atoms with Gasteiger partial charge in [-0.1, -0.05) is 0 Å². The lowest BCUT2D eigenvalue weighted by atomic mass is 10.3. The van der Waals surface area contributed by atoms with Gasteiger partial charge < -0.3 is 38.3 Å². The van der Waals surface area contributed by atoms with Gasteiger partial charge in [0.05, 0.1) is 98.6 Å². The first-order valence-corrected chi connectivity index (χ1v) is 17.9. The largest absolute Gasteiger partial charge is 0.480 e. The summed E-state index contributed by atoms with van der Waals surface area (Å²) >= 11 is 0. The molecule has 0 fully saturated rings. The molecule has 20 heteroatoms. The molecule has 20 nitrogen and oxygen atoms in total. The van der Waals surface area contributed by atoms with E-state index in [1.54, 1.807) is 58.3 Å². The summed E-state index contributed by atoms with van der Waals surface area (Å²) in [7, 11) is 0. The maximum absolute atomic E-state index is 11.8. The average molecular weight is 781 g/mol. The number of carbonyl (C=O) groups is 8. The van der Waals surface area contributed by atoms with Crippen LogP contribution in [0.3, 0.4) is 0 Å². The third-order valence-electron chi connectivity index (χ3n) is 6.43. The molecule has 0 aromatic heterocycles. The molecule has 0 saturated heterocycles. The number of hydrogen-bond donors (Lipinski definition) is 1. The van der Waals surface area contributed by atoms with Gasteiger partial charge in [0.1, 0.15) is 0 Å². The van der Waals surface area contributed by atoms with Gasteiger partial charge in [0.15, 0.2) is 0 Å². The number of carboxylic acid groups (broad SMARTS) is 1. The molecule has 0 rings (SSSR count). The second-order valence-electron chi connectivity index (χ2n) is 10.9. The molecule has 0 aliphatic carbocycles. The molecule has 0 atom stereocenters. The highest BCUT2D eigenvalue weighted by Crippen LogP contribution is 2.00. The van der Waals surface area contributed by atoms with E-state index in [0.717, 1.165) is 0 Å². The van der Waals surface area contributed by atoms with Gasteiger partial charge in [-0.05, 0) is 48.5 Å². The van der Waals surface area contributed by atoms with Crippen LogP contribution in [0.4, 0.5) is 0 Å². The minimum atomic E-state index is -1.10. The van der Waals surface area contributed by atoms with Crippen molar-refractivity contribution in [3.8, 4) is 0 Å². The Morgan fingerprint density at radius 3 is 0.593 bits per heavy atom. The van der Waals surface area contributed by atoms with Crippen LogP contribution in [0.1, 0.15) is 48.5 Å². The van der Waals surface area contributed by atoms with Crippen molar-refractivity contribution < 1.29 is 76.6 Å². The van der Waals surface area contributed by atoms with E-state index < -0.39 is 47.8 Å². The Hall–Kier alpha value is -4.40. The van der Waals surface area contributed by atoms with Gasteiger partial charge in [-0.15, -0.1) is 0 Å². The Balaban J connectivity index is 0. The van der Waals surface area contributed by atoms with Crippen LogP contribution in [0.25, 0.3) is 0 Å². The maximum atomic E-state index is 11.8. The molecule has 0 bridgehead atoms. The summed E-state index contributed by atoms with van der Waals surface area (Å²) in [6, 6.07) is 0. The van der Waals surface area contributed by atoms with Gasteiger partial charge >= 0.3 is 47.8 Å². The van der Waals surface area contributed by atoms with Crippen molar-refractivity contribution in [2.24, 2.45) is 0 Å². The van der Waals surface area contributed by atoms with Crippen molar-refractivity contribution in [3.63, 3.8) is 0 Å². The van der Waals surface area contributed by atoms with Gasteiger partial charge in [-0.25, -0.2) is 0 Å². The number of esters is 7. The third-order valence-corrected chi connectivity index (χ3v) is 6.43. The highest BCUT2D eigenvalue weighted by Gasteiger charge is 2.22. The van der Waals surface area contributed by atoms with Crippen molar-refractivity contribution in [3.05, 3.63) is 0 Å². The molecule has 1 N–H and O–H groups in total. The zero-order valence-electron chi connectivity index (χ0n) is 32.8. The van der Waals surface area contributed by atoms with E-state index in [4.69, 9.17) is 38.3 Å². The fourth-order valence-corrected chi connectivity index (χ4v) is 4.34. The zero-order chi connectivity index (χ0) is 41.3. The van der Waals surface area contributed by atoms with Crippen molar-refractivity contribution in [2.75, 3.05) is 125 Å². The van der Waals surface area contributed by atoms with Gasteiger partial charge in [0.2, 0.25) is 0 Å². The standard InChI is InChI=1S/C18H32N2O8.C16H28N2O8/c1-5-25-15(21)11-19(12-16(22)26-6-2)9-10-20(13-17(23)27-7-3)14-18(24)28-8-4;1-4-24-14(21)10-17(9-13(19)20)7-8-18(11-15(22)25-5-2)12-16(23)26-6-3/h5-14H2,1-4H3;4-12H2,1-3H3,(H,19,20). The van der Waals surface area contributed by atoms with Crippen molar-refractivity contribution in [1.82, 2.24) is 19.6 Å². The second-order valence-corrected chi connectivity index (χ2v) is 10.9. The lowest BCUT2D eigenvalue weighted by molar-refractivity contribution is -0.151. The maximum Gasteiger partial charge on any atom is 0.320 e. The Bertz CT molecular complexity index is 1040. The van der Waals surface area contributed by atoms with E-state index in [0.29, 0.717) is 0 Å². The monoisotopic (exact) mass is 780 g/mol. The highest BCUT2D eigenvalue weighted by atomic mass is 16.6. The predicted octanol–water partition coefficient (Wildman–Crippen LogP) is -0.793. The topological polar surface area (TPSA) is 234 Å². The molecule has 312 valence electrons. The molecular formula is C34H60N4O16. The van der Waals surface area contributed by atoms with Gasteiger partial charge in [0.25, 0.3) is 0 Å². The highest BCUT2D eigenvalue weighted by molar-refractivity contribution is 5.77. The zero-order valence-corrected chi connectivity index (χ0v) is 32.8. The Morgan fingerprint density at radius 1 is 0.315 bits per heavy atom. The molecule has 0 aliphatic heterocycles. The number of ether oxygens (including phenoxy) is 7. The van der Waals surface area contributed by atoms with Crippen molar-refractivity contribution in [1.29, 1.82) is 0 Å². The first-order valence-electron chi connectivity index (χ1n) is 17.9.